The Morgan fingerprint density at radius 2 is 2.41 bits per heavy atom. The van der Waals surface area contributed by atoms with Crippen LogP contribution in [0.2, 0.25) is 0 Å². The van der Waals surface area contributed by atoms with Crippen molar-refractivity contribution in [3.63, 3.8) is 0 Å². The summed E-state index contributed by atoms with van der Waals surface area (Å²) in [5, 5.41) is 21.6. The molecule has 0 amide bonds. The highest BCUT2D eigenvalue weighted by Crippen LogP contribution is 2.24. The van der Waals surface area contributed by atoms with Crippen molar-refractivity contribution in [3.8, 4) is 6.07 Å². The lowest BCUT2D eigenvalue weighted by atomic mass is 10.1. The Labute approximate surface area is 101 Å². The molecule has 2 atom stereocenters. The summed E-state index contributed by atoms with van der Waals surface area (Å²) in [6.07, 6.45) is 4.42. The van der Waals surface area contributed by atoms with E-state index >= 15 is 0 Å². The van der Waals surface area contributed by atoms with Gasteiger partial charge in [-0.05, 0) is 37.8 Å². The zero-order valence-corrected chi connectivity index (χ0v) is 9.76. The molecule has 1 aliphatic rings. The van der Waals surface area contributed by atoms with E-state index in [4.69, 9.17) is 5.26 Å². The van der Waals surface area contributed by atoms with Crippen molar-refractivity contribution in [2.24, 2.45) is 5.92 Å². The highest BCUT2D eigenvalue weighted by Gasteiger charge is 2.22. The van der Waals surface area contributed by atoms with Gasteiger partial charge < -0.3 is 10.4 Å². The Balaban J connectivity index is 1.80. The molecular formula is C13H17N3O. The number of rotatable bonds is 4. The molecule has 4 heteroatoms. The lowest BCUT2D eigenvalue weighted by Crippen LogP contribution is -2.22. The topological polar surface area (TPSA) is 68.9 Å². The average molecular weight is 231 g/mol. The largest absolute Gasteiger partial charge is 0.393 e. The lowest BCUT2D eigenvalue weighted by molar-refractivity contribution is 0.177. The van der Waals surface area contributed by atoms with E-state index in [0.717, 1.165) is 31.4 Å². The summed E-state index contributed by atoms with van der Waals surface area (Å²) < 4.78 is 0. The minimum absolute atomic E-state index is 0.116. The first-order chi connectivity index (χ1) is 8.29. The fourth-order valence-corrected chi connectivity index (χ4v) is 2.33. The number of pyridine rings is 1. The number of aliphatic hydroxyl groups excluding tert-OH is 1. The van der Waals surface area contributed by atoms with Crippen molar-refractivity contribution < 1.29 is 5.11 Å². The van der Waals surface area contributed by atoms with Crippen molar-refractivity contribution in [2.45, 2.75) is 31.9 Å². The van der Waals surface area contributed by atoms with Crippen LogP contribution in [-0.4, -0.2) is 22.7 Å². The highest BCUT2D eigenvalue weighted by molar-refractivity contribution is 5.30. The van der Waals surface area contributed by atoms with E-state index in [1.165, 1.54) is 0 Å². The molecule has 1 aliphatic carbocycles. The van der Waals surface area contributed by atoms with E-state index in [1.54, 1.807) is 6.20 Å². The van der Waals surface area contributed by atoms with Crippen LogP contribution in [0, 0.1) is 17.2 Å². The molecule has 1 heterocycles. The predicted molar refractivity (Wildman–Crippen MR) is 64.0 cm³/mol. The molecule has 0 radical (unpaired) electrons. The van der Waals surface area contributed by atoms with Gasteiger partial charge in [0.2, 0.25) is 0 Å². The first-order valence-corrected chi connectivity index (χ1v) is 6.02. The second-order valence-electron chi connectivity index (χ2n) is 4.59. The summed E-state index contributed by atoms with van der Waals surface area (Å²) in [6, 6.07) is 5.85. The van der Waals surface area contributed by atoms with Crippen LogP contribution in [0.4, 0.5) is 0 Å². The molecule has 0 spiro atoms. The van der Waals surface area contributed by atoms with Gasteiger partial charge in [0.1, 0.15) is 11.8 Å². The molecular weight excluding hydrogens is 214 g/mol. The maximum atomic E-state index is 9.42. The second kappa shape index (κ2) is 5.76. The Morgan fingerprint density at radius 3 is 3.12 bits per heavy atom. The Kier molecular flexibility index (Phi) is 4.08. The van der Waals surface area contributed by atoms with Crippen molar-refractivity contribution in [3.05, 3.63) is 29.6 Å². The van der Waals surface area contributed by atoms with E-state index in [-0.39, 0.29) is 6.10 Å². The van der Waals surface area contributed by atoms with Gasteiger partial charge in [0.15, 0.2) is 0 Å². The van der Waals surface area contributed by atoms with Gasteiger partial charge in [-0.25, -0.2) is 4.98 Å². The van der Waals surface area contributed by atoms with Crippen molar-refractivity contribution >= 4 is 0 Å². The smallest absolute Gasteiger partial charge is 0.144 e. The number of hydrogen-bond donors (Lipinski definition) is 2. The minimum atomic E-state index is -0.116. The molecule has 1 aromatic heterocycles. The minimum Gasteiger partial charge on any atom is -0.393 e. The van der Waals surface area contributed by atoms with E-state index in [0.29, 0.717) is 18.2 Å². The standard InChI is InChI=1S/C13H17N3O/c14-7-13-11(2-1-5-16-13)9-15-8-10-3-4-12(17)6-10/h1-2,5,10,12,15,17H,3-4,6,8-9H2. The van der Waals surface area contributed by atoms with Crippen LogP contribution in [-0.2, 0) is 6.54 Å². The third kappa shape index (κ3) is 3.26. The van der Waals surface area contributed by atoms with Crippen LogP contribution in [0.5, 0.6) is 0 Å². The van der Waals surface area contributed by atoms with Crippen LogP contribution in [0.3, 0.4) is 0 Å². The maximum Gasteiger partial charge on any atom is 0.144 e. The number of nitrogens with zero attached hydrogens (tertiary/aromatic N) is 2. The van der Waals surface area contributed by atoms with Gasteiger partial charge in [0.25, 0.3) is 0 Å². The zero-order valence-electron chi connectivity index (χ0n) is 9.76. The van der Waals surface area contributed by atoms with Crippen LogP contribution < -0.4 is 5.32 Å². The molecule has 2 N–H and O–H groups in total. The second-order valence-corrected chi connectivity index (χ2v) is 4.59. The lowest BCUT2D eigenvalue weighted by Gasteiger charge is -2.11. The summed E-state index contributed by atoms with van der Waals surface area (Å²) in [4.78, 5) is 4.02. The van der Waals surface area contributed by atoms with E-state index in [1.807, 2.05) is 12.1 Å². The van der Waals surface area contributed by atoms with E-state index < -0.39 is 0 Å². The first kappa shape index (κ1) is 12.0. The monoisotopic (exact) mass is 231 g/mol. The van der Waals surface area contributed by atoms with E-state index in [9.17, 15) is 5.11 Å². The van der Waals surface area contributed by atoms with Gasteiger partial charge in [0.05, 0.1) is 6.10 Å². The number of hydrogen-bond acceptors (Lipinski definition) is 4. The molecule has 2 unspecified atom stereocenters. The van der Waals surface area contributed by atoms with Crippen LogP contribution >= 0.6 is 0 Å². The fraction of sp³-hybridized carbons (Fsp3) is 0.538. The third-order valence-electron chi connectivity index (χ3n) is 3.26. The van der Waals surface area contributed by atoms with Gasteiger partial charge in [-0.2, -0.15) is 5.26 Å². The number of nitriles is 1. The molecule has 90 valence electrons. The summed E-state index contributed by atoms with van der Waals surface area (Å²) in [5.74, 6) is 0.562. The molecule has 0 saturated heterocycles. The van der Waals surface area contributed by atoms with Gasteiger partial charge >= 0.3 is 0 Å². The van der Waals surface area contributed by atoms with E-state index in [2.05, 4.69) is 16.4 Å². The molecule has 1 saturated carbocycles. The maximum absolute atomic E-state index is 9.42. The number of nitrogens with one attached hydrogen (secondary N) is 1. The van der Waals surface area contributed by atoms with Crippen LogP contribution in [0.25, 0.3) is 0 Å². The van der Waals surface area contributed by atoms with Gasteiger partial charge in [-0.1, -0.05) is 6.07 Å². The Bertz CT molecular complexity index is 413. The molecule has 0 aliphatic heterocycles. The SMILES string of the molecule is N#Cc1ncccc1CNCC1CCC(O)C1. The molecule has 1 fully saturated rings. The van der Waals surface area contributed by atoms with Crippen LogP contribution in [0.1, 0.15) is 30.5 Å². The first-order valence-electron chi connectivity index (χ1n) is 6.02. The zero-order chi connectivity index (χ0) is 12.1. The Hall–Kier alpha value is -1.44. The molecule has 1 aromatic rings. The van der Waals surface area contributed by atoms with Gasteiger partial charge in [0, 0.05) is 18.3 Å². The van der Waals surface area contributed by atoms with Crippen molar-refractivity contribution in [2.75, 3.05) is 6.54 Å². The van der Waals surface area contributed by atoms with Gasteiger partial charge in [-0.3, -0.25) is 0 Å². The van der Waals surface area contributed by atoms with Crippen molar-refractivity contribution in [1.29, 1.82) is 5.26 Å². The highest BCUT2D eigenvalue weighted by atomic mass is 16.3. The molecule has 4 nitrogen and oxygen atoms in total. The average Bonchev–Trinajstić information content (AvgIpc) is 2.76. The summed E-state index contributed by atoms with van der Waals surface area (Å²) >= 11 is 0. The normalized spacial score (nSPS) is 23.5. The Morgan fingerprint density at radius 1 is 1.53 bits per heavy atom. The predicted octanol–water partition coefficient (Wildman–Crippen LogP) is 1.20. The molecule has 0 aromatic carbocycles. The van der Waals surface area contributed by atoms with Crippen molar-refractivity contribution in [1.82, 2.24) is 10.3 Å². The molecule has 2 rings (SSSR count). The molecule has 0 bridgehead atoms. The van der Waals surface area contributed by atoms with Crippen LogP contribution in [0.15, 0.2) is 18.3 Å². The molecule has 17 heavy (non-hydrogen) atoms. The summed E-state index contributed by atoms with van der Waals surface area (Å²) in [7, 11) is 0. The number of aliphatic hydroxyl groups is 1. The van der Waals surface area contributed by atoms with Gasteiger partial charge in [-0.15, -0.1) is 0 Å². The quantitative estimate of drug-likeness (QED) is 0.817. The third-order valence-corrected chi connectivity index (χ3v) is 3.26. The number of aromatic nitrogens is 1. The summed E-state index contributed by atoms with van der Waals surface area (Å²) in [6.45, 7) is 1.57. The summed E-state index contributed by atoms with van der Waals surface area (Å²) in [5.41, 5.74) is 1.43. The fourth-order valence-electron chi connectivity index (χ4n) is 2.33.